The van der Waals surface area contributed by atoms with Gasteiger partial charge in [0, 0.05) is 21.2 Å². The minimum atomic E-state index is -0.976. The van der Waals surface area contributed by atoms with Gasteiger partial charge in [-0.1, -0.05) is 58.2 Å². The van der Waals surface area contributed by atoms with Crippen molar-refractivity contribution in [3.05, 3.63) is 92.9 Å². The van der Waals surface area contributed by atoms with E-state index in [-0.39, 0.29) is 40.8 Å². The minimum absolute atomic E-state index is 0.136. The number of rotatable bonds is 8. The van der Waals surface area contributed by atoms with Crippen LogP contribution in [0.2, 0.25) is 15.1 Å². The van der Waals surface area contributed by atoms with Crippen molar-refractivity contribution in [3.63, 3.8) is 0 Å². The van der Waals surface area contributed by atoms with Gasteiger partial charge in [-0.05, 0) is 61.0 Å². The lowest BCUT2D eigenvalue weighted by Gasteiger charge is -2.22. The van der Waals surface area contributed by atoms with E-state index in [9.17, 15) is 14.7 Å². The van der Waals surface area contributed by atoms with Gasteiger partial charge in [0.1, 0.15) is 11.3 Å². The molecule has 1 aromatic heterocycles. The number of amides is 1. The molecule has 0 saturated heterocycles. The molecule has 0 aliphatic heterocycles. The first kappa shape index (κ1) is 25.6. The Balaban J connectivity index is 1.81. The number of aliphatic carboxylic acids is 1. The molecule has 3 aromatic carbocycles. The van der Waals surface area contributed by atoms with Crippen LogP contribution in [0, 0.1) is 0 Å². The van der Waals surface area contributed by atoms with E-state index in [1.807, 2.05) is 0 Å². The Morgan fingerprint density at radius 1 is 0.972 bits per heavy atom. The summed E-state index contributed by atoms with van der Waals surface area (Å²) in [6.07, 6.45) is -0.182. The summed E-state index contributed by atoms with van der Waals surface area (Å²) in [7, 11) is 0. The second-order valence-corrected chi connectivity index (χ2v) is 8.96. The van der Waals surface area contributed by atoms with Crippen molar-refractivity contribution in [2.75, 3.05) is 6.54 Å². The molecule has 1 heterocycles. The van der Waals surface area contributed by atoms with E-state index in [1.165, 1.54) is 6.07 Å². The van der Waals surface area contributed by atoms with Crippen molar-refractivity contribution in [1.29, 1.82) is 0 Å². The zero-order valence-electron chi connectivity index (χ0n) is 18.9. The molecule has 7 nitrogen and oxygen atoms in total. The monoisotopic (exact) mass is 544 g/mol. The summed E-state index contributed by atoms with van der Waals surface area (Å²) in [6, 6.07) is 18.2. The third-order valence-corrected chi connectivity index (χ3v) is 5.97. The summed E-state index contributed by atoms with van der Waals surface area (Å²) in [5.74, 6) is -1.06. The van der Waals surface area contributed by atoms with E-state index < -0.39 is 11.9 Å². The molecule has 0 atom stereocenters. The second-order valence-electron chi connectivity index (χ2n) is 7.68. The summed E-state index contributed by atoms with van der Waals surface area (Å²) in [5.41, 5.74) is 2.01. The SMILES string of the molecule is CCN(Oc1ccc(Cl)cc1Cl)C(=O)c1c(-c2cccc(CC(=O)O)c2)noc1-c1ccc(Cl)cc1. The van der Waals surface area contributed by atoms with E-state index in [4.69, 9.17) is 44.2 Å². The Hall–Kier alpha value is -3.52. The maximum Gasteiger partial charge on any atom is 0.307 e. The molecule has 1 N–H and O–H groups in total. The number of carbonyl (C=O) groups excluding carboxylic acids is 1. The number of hydroxylamine groups is 2. The number of nitrogens with zero attached hydrogens (tertiary/aromatic N) is 2. The van der Waals surface area contributed by atoms with Crippen LogP contribution in [0.5, 0.6) is 5.75 Å². The van der Waals surface area contributed by atoms with Crippen molar-refractivity contribution in [2.45, 2.75) is 13.3 Å². The van der Waals surface area contributed by atoms with Crippen LogP contribution < -0.4 is 4.84 Å². The average molecular weight is 546 g/mol. The molecule has 0 unspecified atom stereocenters. The fourth-order valence-electron chi connectivity index (χ4n) is 3.53. The van der Waals surface area contributed by atoms with Gasteiger partial charge in [-0.2, -0.15) is 5.06 Å². The molecule has 0 aliphatic rings. The first-order valence-electron chi connectivity index (χ1n) is 10.8. The number of carbonyl (C=O) groups is 2. The number of halogens is 3. The van der Waals surface area contributed by atoms with E-state index in [0.717, 1.165) is 5.06 Å². The molecule has 0 radical (unpaired) electrons. The molecule has 10 heteroatoms. The van der Waals surface area contributed by atoms with Crippen molar-refractivity contribution < 1.29 is 24.1 Å². The Morgan fingerprint density at radius 3 is 2.36 bits per heavy atom. The fourth-order valence-corrected chi connectivity index (χ4v) is 4.10. The number of aromatic nitrogens is 1. The second kappa shape index (κ2) is 11.0. The number of carboxylic acids is 1. The molecule has 36 heavy (non-hydrogen) atoms. The normalized spacial score (nSPS) is 10.8. The maximum absolute atomic E-state index is 13.8. The van der Waals surface area contributed by atoms with Crippen LogP contribution in [0.4, 0.5) is 0 Å². The van der Waals surface area contributed by atoms with Gasteiger partial charge in [-0.3, -0.25) is 9.59 Å². The van der Waals surface area contributed by atoms with Crippen LogP contribution in [-0.4, -0.2) is 33.7 Å². The van der Waals surface area contributed by atoms with Crippen molar-refractivity contribution in [2.24, 2.45) is 0 Å². The smallest absolute Gasteiger partial charge is 0.307 e. The van der Waals surface area contributed by atoms with E-state index in [1.54, 1.807) is 67.6 Å². The number of benzene rings is 3. The molecule has 0 saturated carbocycles. The third-order valence-electron chi connectivity index (χ3n) is 5.18. The topological polar surface area (TPSA) is 92.9 Å². The maximum atomic E-state index is 13.8. The van der Waals surface area contributed by atoms with Gasteiger partial charge in [-0.15, -0.1) is 0 Å². The molecular formula is C26H19Cl3N2O5. The standard InChI is InChI=1S/C26H19Cl3N2O5/c1-2-31(36-21-11-10-19(28)14-20(21)29)26(34)23-24(17-5-3-4-15(12-17)13-22(32)33)30-35-25(23)16-6-8-18(27)9-7-16/h3-12,14H,2,13H2,1H3,(H,32,33). The Kier molecular flexibility index (Phi) is 7.84. The third kappa shape index (κ3) is 5.65. The van der Waals surface area contributed by atoms with Crippen LogP contribution in [0.25, 0.3) is 22.6 Å². The summed E-state index contributed by atoms with van der Waals surface area (Å²) < 4.78 is 5.65. The van der Waals surface area contributed by atoms with Gasteiger partial charge < -0.3 is 14.5 Å². The Morgan fingerprint density at radius 2 is 1.69 bits per heavy atom. The molecular weight excluding hydrogens is 527 g/mol. The number of hydrogen-bond acceptors (Lipinski definition) is 5. The van der Waals surface area contributed by atoms with Gasteiger partial charge >= 0.3 is 5.97 Å². The summed E-state index contributed by atoms with van der Waals surface area (Å²) in [5, 5.41) is 15.7. The summed E-state index contributed by atoms with van der Waals surface area (Å²) in [6.45, 7) is 1.91. The minimum Gasteiger partial charge on any atom is -0.481 e. The Bertz CT molecular complexity index is 1420. The highest BCUT2D eigenvalue weighted by molar-refractivity contribution is 6.35. The lowest BCUT2D eigenvalue weighted by Crippen LogP contribution is -2.34. The van der Waals surface area contributed by atoms with Crippen LogP contribution >= 0.6 is 34.8 Å². The lowest BCUT2D eigenvalue weighted by molar-refractivity contribution is -0.136. The van der Waals surface area contributed by atoms with Crippen molar-refractivity contribution in [3.8, 4) is 28.3 Å². The molecule has 4 rings (SSSR count). The van der Waals surface area contributed by atoms with E-state index >= 15 is 0 Å². The van der Waals surface area contributed by atoms with Gasteiger partial charge in [-0.25, -0.2) is 0 Å². The lowest BCUT2D eigenvalue weighted by atomic mass is 9.99. The number of hydrogen-bond donors (Lipinski definition) is 1. The van der Waals surface area contributed by atoms with Crippen LogP contribution in [0.1, 0.15) is 22.8 Å². The van der Waals surface area contributed by atoms with Gasteiger partial charge in [0.25, 0.3) is 5.91 Å². The van der Waals surface area contributed by atoms with Gasteiger partial charge in [0.15, 0.2) is 11.5 Å². The quantitative estimate of drug-likeness (QED) is 0.238. The largest absolute Gasteiger partial charge is 0.481 e. The van der Waals surface area contributed by atoms with Crippen LogP contribution in [0.3, 0.4) is 0 Å². The highest BCUT2D eigenvalue weighted by atomic mass is 35.5. The predicted molar refractivity (Wildman–Crippen MR) is 138 cm³/mol. The predicted octanol–water partition coefficient (Wildman–Crippen LogP) is 7.05. The van der Waals surface area contributed by atoms with Crippen molar-refractivity contribution >= 4 is 46.7 Å². The molecule has 0 bridgehead atoms. The van der Waals surface area contributed by atoms with Crippen LogP contribution in [-0.2, 0) is 11.2 Å². The zero-order valence-corrected chi connectivity index (χ0v) is 21.1. The molecule has 0 spiro atoms. The van der Waals surface area contributed by atoms with Crippen LogP contribution in [0.15, 0.2) is 71.3 Å². The van der Waals surface area contributed by atoms with Gasteiger partial charge in [0.2, 0.25) is 0 Å². The highest BCUT2D eigenvalue weighted by Gasteiger charge is 2.30. The summed E-state index contributed by atoms with van der Waals surface area (Å²) >= 11 is 18.3. The molecule has 184 valence electrons. The molecule has 0 fully saturated rings. The van der Waals surface area contributed by atoms with E-state index in [2.05, 4.69) is 5.16 Å². The number of carboxylic acid groups (broad SMARTS) is 1. The Labute approximate surface area is 221 Å². The van der Waals surface area contributed by atoms with E-state index in [0.29, 0.717) is 26.7 Å². The summed E-state index contributed by atoms with van der Waals surface area (Å²) in [4.78, 5) is 30.9. The molecule has 4 aromatic rings. The first-order chi connectivity index (χ1) is 17.3. The fraction of sp³-hybridized carbons (Fsp3) is 0.115. The van der Waals surface area contributed by atoms with Gasteiger partial charge in [0.05, 0.1) is 18.0 Å². The zero-order chi connectivity index (χ0) is 25.8. The molecule has 1 amide bonds. The first-order valence-corrected chi connectivity index (χ1v) is 11.9. The highest BCUT2D eigenvalue weighted by Crippen LogP contribution is 2.35. The average Bonchev–Trinajstić information content (AvgIpc) is 3.29. The van der Waals surface area contributed by atoms with Crippen molar-refractivity contribution in [1.82, 2.24) is 10.2 Å². The molecule has 0 aliphatic carbocycles.